The van der Waals surface area contributed by atoms with Crippen molar-refractivity contribution in [2.75, 3.05) is 6.61 Å². The van der Waals surface area contributed by atoms with Crippen molar-refractivity contribution < 1.29 is 9.53 Å². The SMILES string of the molecule is CCCOc1ccc2[nH]cc(C(=O)C3CCC3)c2c1. The van der Waals surface area contributed by atoms with E-state index in [0.717, 1.165) is 41.5 Å². The van der Waals surface area contributed by atoms with E-state index in [4.69, 9.17) is 4.74 Å². The third-order valence-electron chi connectivity index (χ3n) is 3.87. The van der Waals surface area contributed by atoms with Crippen molar-refractivity contribution in [3.63, 3.8) is 0 Å². The Morgan fingerprint density at radius 2 is 2.26 bits per heavy atom. The highest BCUT2D eigenvalue weighted by Crippen LogP contribution is 2.33. The van der Waals surface area contributed by atoms with Crippen LogP contribution in [0.4, 0.5) is 0 Å². The van der Waals surface area contributed by atoms with Crippen LogP contribution >= 0.6 is 0 Å². The van der Waals surface area contributed by atoms with Gasteiger partial charge in [-0.3, -0.25) is 4.79 Å². The number of fused-ring (bicyclic) bond motifs is 1. The molecule has 1 aliphatic carbocycles. The van der Waals surface area contributed by atoms with Crippen LogP contribution in [0, 0.1) is 5.92 Å². The molecule has 0 spiro atoms. The normalized spacial score (nSPS) is 15.4. The zero-order valence-corrected chi connectivity index (χ0v) is 11.2. The first-order chi connectivity index (χ1) is 9.29. The molecule has 1 heterocycles. The smallest absolute Gasteiger partial charge is 0.168 e. The van der Waals surface area contributed by atoms with E-state index in [9.17, 15) is 4.79 Å². The molecule has 0 saturated heterocycles. The molecule has 1 aromatic heterocycles. The highest BCUT2D eigenvalue weighted by molar-refractivity contribution is 6.09. The molecule has 0 amide bonds. The van der Waals surface area contributed by atoms with Crippen LogP contribution in [0.15, 0.2) is 24.4 Å². The molecule has 19 heavy (non-hydrogen) atoms. The summed E-state index contributed by atoms with van der Waals surface area (Å²) in [5.41, 5.74) is 1.83. The highest BCUT2D eigenvalue weighted by atomic mass is 16.5. The quantitative estimate of drug-likeness (QED) is 0.824. The van der Waals surface area contributed by atoms with E-state index in [-0.39, 0.29) is 11.7 Å². The number of rotatable bonds is 5. The van der Waals surface area contributed by atoms with Gasteiger partial charge >= 0.3 is 0 Å². The van der Waals surface area contributed by atoms with Crippen molar-refractivity contribution in [1.29, 1.82) is 0 Å². The van der Waals surface area contributed by atoms with E-state index in [2.05, 4.69) is 11.9 Å². The minimum atomic E-state index is 0.235. The largest absolute Gasteiger partial charge is 0.494 e. The molecule has 3 rings (SSSR count). The monoisotopic (exact) mass is 257 g/mol. The highest BCUT2D eigenvalue weighted by Gasteiger charge is 2.27. The van der Waals surface area contributed by atoms with E-state index >= 15 is 0 Å². The summed E-state index contributed by atoms with van der Waals surface area (Å²) in [6, 6.07) is 5.91. The van der Waals surface area contributed by atoms with Gasteiger partial charge in [-0.05, 0) is 37.5 Å². The summed E-state index contributed by atoms with van der Waals surface area (Å²) in [6.07, 6.45) is 6.09. The number of hydrogen-bond acceptors (Lipinski definition) is 2. The van der Waals surface area contributed by atoms with Gasteiger partial charge in [-0.15, -0.1) is 0 Å². The Bertz CT molecular complexity index is 596. The summed E-state index contributed by atoms with van der Waals surface area (Å²) in [5.74, 6) is 1.36. The second-order valence-corrected chi connectivity index (χ2v) is 5.25. The minimum absolute atomic E-state index is 0.235. The first-order valence-corrected chi connectivity index (χ1v) is 7.07. The van der Waals surface area contributed by atoms with Gasteiger partial charge in [-0.1, -0.05) is 13.3 Å². The topological polar surface area (TPSA) is 42.1 Å². The van der Waals surface area contributed by atoms with E-state index in [1.165, 1.54) is 6.42 Å². The van der Waals surface area contributed by atoms with Gasteiger partial charge in [0, 0.05) is 28.6 Å². The van der Waals surface area contributed by atoms with Crippen molar-refractivity contribution in [3.05, 3.63) is 30.0 Å². The van der Waals surface area contributed by atoms with E-state index in [1.807, 2.05) is 24.4 Å². The fourth-order valence-electron chi connectivity index (χ4n) is 2.50. The molecule has 1 aliphatic rings. The maximum absolute atomic E-state index is 12.4. The second-order valence-electron chi connectivity index (χ2n) is 5.25. The number of benzene rings is 1. The maximum atomic E-state index is 12.4. The first kappa shape index (κ1) is 12.3. The Morgan fingerprint density at radius 3 is 2.95 bits per heavy atom. The van der Waals surface area contributed by atoms with Crippen LogP contribution < -0.4 is 4.74 Å². The third-order valence-corrected chi connectivity index (χ3v) is 3.87. The van der Waals surface area contributed by atoms with Crippen LogP contribution in [0.3, 0.4) is 0 Å². The van der Waals surface area contributed by atoms with Gasteiger partial charge in [0.25, 0.3) is 0 Å². The molecule has 1 saturated carbocycles. The summed E-state index contributed by atoms with van der Waals surface area (Å²) in [4.78, 5) is 15.5. The van der Waals surface area contributed by atoms with Crippen molar-refractivity contribution in [3.8, 4) is 5.75 Å². The van der Waals surface area contributed by atoms with E-state index in [0.29, 0.717) is 6.61 Å². The molecule has 0 atom stereocenters. The number of ether oxygens (including phenoxy) is 1. The number of carbonyl (C=O) groups is 1. The van der Waals surface area contributed by atoms with Gasteiger partial charge in [0.2, 0.25) is 0 Å². The Balaban J connectivity index is 1.93. The van der Waals surface area contributed by atoms with Gasteiger partial charge in [-0.25, -0.2) is 0 Å². The molecule has 0 bridgehead atoms. The van der Waals surface area contributed by atoms with Crippen LogP contribution in [0.2, 0.25) is 0 Å². The van der Waals surface area contributed by atoms with Gasteiger partial charge < -0.3 is 9.72 Å². The number of nitrogens with one attached hydrogen (secondary N) is 1. The third kappa shape index (κ3) is 2.25. The van der Waals surface area contributed by atoms with E-state index in [1.54, 1.807) is 0 Å². The Labute approximate surface area is 113 Å². The summed E-state index contributed by atoms with van der Waals surface area (Å²) in [6.45, 7) is 2.79. The lowest BCUT2D eigenvalue weighted by Crippen LogP contribution is -2.21. The molecular weight excluding hydrogens is 238 g/mol. The fourth-order valence-corrected chi connectivity index (χ4v) is 2.50. The van der Waals surface area contributed by atoms with Gasteiger partial charge in [0.1, 0.15) is 5.75 Å². The molecule has 100 valence electrons. The molecule has 1 aromatic carbocycles. The van der Waals surface area contributed by atoms with Crippen LogP contribution in [-0.2, 0) is 0 Å². The average molecular weight is 257 g/mol. The molecule has 0 radical (unpaired) electrons. The number of hydrogen-bond donors (Lipinski definition) is 1. The Morgan fingerprint density at radius 1 is 1.42 bits per heavy atom. The molecule has 1 N–H and O–H groups in total. The number of aromatic nitrogens is 1. The number of H-pyrrole nitrogens is 1. The zero-order chi connectivity index (χ0) is 13.2. The zero-order valence-electron chi connectivity index (χ0n) is 11.2. The summed E-state index contributed by atoms with van der Waals surface area (Å²) < 4.78 is 5.64. The predicted octanol–water partition coefficient (Wildman–Crippen LogP) is 3.94. The van der Waals surface area contributed by atoms with Crippen LogP contribution in [-0.4, -0.2) is 17.4 Å². The lowest BCUT2D eigenvalue weighted by atomic mass is 9.80. The van der Waals surface area contributed by atoms with Gasteiger partial charge in [0.15, 0.2) is 5.78 Å². The lowest BCUT2D eigenvalue weighted by molar-refractivity contribution is 0.0857. The number of ketones is 1. The van der Waals surface area contributed by atoms with Crippen LogP contribution in [0.5, 0.6) is 5.75 Å². The standard InChI is InChI=1S/C16H19NO2/c1-2-8-19-12-6-7-15-13(9-12)14(10-17-15)16(18)11-4-3-5-11/h6-7,9-11,17H,2-5,8H2,1H3. The molecule has 2 aromatic rings. The predicted molar refractivity (Wildman–Crippen MR) is 75.8 cm³/mol. The molecule has 3 heteroatoms. The summed E-state index contributed by atoms with van der Waals surface area (Å²) >= 11 is 0. The van der Waals surface area contributed by atoms with Crippen molar-refractivity contribution >= 4 is 16.7 Å². The minimum Gasteiger partial charge on any atom is -0.494 e. The van der Waals surface area contributed by atoms with Crippen molar-refractivity contribution in [2.45, 2.75) is 32.6 Å². The maximum Gasteiger partial charge on any atom is 0.168 e. The van der Waals surface area contributed by atoms with Crippen LogP contribution in [0.1, 0.15) is 43.0 Å². The number of carbonyl (C=O) groups excluding carboxylic acids is 1. The van der Waals surface area contributed by atoms with Crippen LogP contribution in [0.25, 0.3) is 10.9 Å². The van der Waals surface area contributed by atoms with Crippen molar-refractivity contribution in [2.24, 2.45) is 5.92 Å². The average Bonchev–Trinajstić information content (AvgIpc) is 2.77. The molecule has 0 aliphatic heterocycles. The lowest BCUT2D eigenvalue weighted by Gasteiger charge is -2.23. The number of Topliss-reactive ketones (excluding diaryl/α,β-unsaturated/α-hetero) is 1. The Hall–Kier alpha value is -1.77. The molecule has 1 fully saturated rings. The summed E-state index contributed by atoms with van der Waals surface area (Å²) in [7, 11) is 0. The molecule has 3 nitrogen and oxygen atoms in total. The van der Waals surface area contributed by atoms with Crippen molar-refractivity contribution in [1.82, 2.24) is 4.98 Å². The molecule has 0 unspecified atom stereocenters. The Kier molecular flexibility index (Phi) is 3.28. The number of aromatic amines is 1. The first-order valence-electron chi connectivity index (χ1n) is 7.07. The van der Waals surface area contributed by atoms with Gasteiger partial charge in [-0.2, -0.15) is 0 Å². The van der Waals surface area contributed by atoms with E-state index < -0.39 is 0 Å². The fraction of sp³-hybridized carbons (Fsp3) is 0.438. The second kappa shape index (κ2) is 5.08. The molecular formula is C16H19NO2. The summed E-state index contributed by atoms with van der Waals surface area (Å²) in [5, 5.41) is 0.991. The van der Waals surface area contributed by atoms with Gasteiger partial charge in [0.05, 0.1) is 6.61 Å².